The molecule has 1 amide bonds. The quantitative estimate of drug-likeness (QED) is 0.903. The van der Waals surface area contributed by atoms with E-state index in [1.165, 1.54) is 0 Å². The zero-order valence-corrected chi connectivity index (χ0v) is 15.2. The number of fused-ring (bicyclic) bond motifs is 1. The van der Waals surface area contributed by atoms with Crippen molar-refractivity contribution in [3.05, 3.63) is 65.2 Å². The molecule has 1 N–H and O–H groups in total. The number of likely N-dealkylation sites (tertiary alicyclic amines) is 1. The number of aliphatic carboxylic acids is 1. The summed E-state index contributed by atoms with van der Waals surface area (Å²) in [6.07, 6.45) is 3.59. The molecule has 2 aliphatic rings. The van der Waals surface area contributed by atoms with Gasteiger partial charge in [-0.1, -0.05) is 36.4 Å². The van der Waals surface area contributed by atoms with E-state index in [9.17, 15) is 14.7 Å². The molecule has 1 fully saturated rings. The highest BCUT2D eigenvalue weighted by atomic mass is 16.5. The molecule has 140 valence electrons. The number of ether oxygens (including phenoxy) is 1. The maximum atomic E-state index is 12.7. The number of hydrogen-bond donors (Lipinski definition) is 1. The lowest BCUT2D eigenvalue weighted by Gasteiger charge is -2.27. The maximum Gasteiger partial charge on any atom is 0.318 e. The highest BCUT2D eigenvalue weighted by molar-refractivity contribution is 5.95. The van der Waals surface area contributed by atoms with Crippen molar-refractivity contribution >= 4 is 11.9 Å². The molecule has 0 radical (unpaired) electrons. The highest BCUT2D eigenvalue weighted by Crippen LogP contribution is 2.42. The van der Waals surface area contributed by atoms with Crippen LogP contribution in [0.2, 0.25) is 0 Å². The standard InChI is InChI=1S/C22H23NO4/c24-20(23-11-5-2-6-12-23)17-9-10-18-19(13-17)27-15-22(18,21(25)26)14-16-7-3-1-4-8-16/h1,3-4,7-10,13H,2,5-6,11-12,14-15H2,(H,25,26)/t22-/m1/s1. The Labute approximate surface area is 158 Å². The fraction of sp³-hybridized carbons (Fsp3) is 0.364. The summed E-state index contributed by atoms with van der Waals surface area (Å²) in [5.74, 6) is -0.395. The van der Waals surface area contributed by atoms with E-state index in [1.54, 1.807) is 18.2 Å². The largest absolute Gasteiger partial charge is 0.492 e. The average molecular weight is 365 g/mol. The SMILES string of the molecule is O=C(c1ccc2c(c1)OC[C@@]2(Cc1ccccc1)C(=O)O)N1CCCCC1. The Morgan fingerprint density at radius 2 is 1.78 bits per heavy atom. The van der Waals surface area contributed by atoms with Gasteiger partial charge in [-0.05, 0) is 43.4 Å². The molecular formula is C22H23NO4. The molecule has 4 rings (SSSR count). The van der Waals surface area contributed by atoms with Gasteiger partial charge in [0.1, 0.15) is 17.8 Å². The van der Waals surface area contributed by atoms with Crippen LogP contribution in [0.5, 0.6) is 5.75 Å². The molecule has 0 bridgehead atoms. The predicted molar refractivity (Wildman–Crippen MR) is 101 cm³/mol. The summed E-state index contributed by atoms with van der Waals surface area (Å²) < 4.78 is 5.77. The van der Waals surface area contributed by atoms with E-state index >= 15 is 0 Å². The third-order valence-corrected chi connectivity index (χ3v) is 5.62. The van der Waals surface area contributed by atoms with E-state index in [0.717, 1.165) is 37.9 Å². The summed E-state index contributed by atoms with van der Waals surface area (Å²) in [5.41, 5.74) is 1.04. The molecule has 27 heavy (non-hydrogen) atoms. The Hall–Kier alpha value is -2.82. The minimum Gasteiger partial charge on any atom is -0.492 e. The second kappa shape index (κ2) is 7.06. The van der Waals surface area contributed by atoms with Gasteiger partial charge in [0, 0.05) is 24.2 Å². The first kappa shape index (κ1) is 17.6. The van der Waals surface area contributed by atoms with Crippen molar-refractivity contribution in [1.82, 2.24) is 4.90 Å². The number of carboxylic acids is 1. The number of piperidine rings is 1. The maximum absolute atomic E-state index is 12.7. The van der Waals surface area contributed by atoms with E-state index < -0.39 is 11.4 Å². The van der Waals surface area contributed by atoms with Gasteiger partial charge in [0.15, 0.2) is 0 Å². The number of amides is 1. The molecule has 5 heteroatoms. The van der Waals surface area contributed by atoms with Crippen LogP contribution in [0.15, 0.2) is 48.5 Å². The molecule has 0 aromatic heterocycles. The van der Waals surface area contributed by atoms with Gasteiger partial charge in [-0.15, -0.1) is 0 Å². The van der Waals surface area contributed by atoms with Crippen LogP contribution in [0, 0.1) is 0 Å². The van der Waals surface area contributed by atoms with Gasteiger partial charge in [0.25, 0.3) is 5.91 Å². The fourth-order valence-corrected chi connectivity index (χ4v) is 4.07. The molecule has 0 spiro atoms. The summed E-state index contributed by atoms with van der Waals surface area (Å²) >= 11 is 0. The molecule has 5 nitrogen and oxygen atoms in total. The van der Waals surface area contributed by atoms with Crippen molar-refractivity contribution in [2.24, 2.45) is 0 Å². The second-order valence-electron chi connectivity index (χ2n) is 7.40. The van der Waals surface area contributed by atoms with E-state index in [2.05, 4.69) is 0 Å². The average Bonchev–Trinajstić information content (AvgIpc) is 3.08. The van der Waals surface area contributed by atoms with Crippen molar-refractivity contribution in [2.45, 2.75) is 31.1 Å². The molecule has 1 atom stereocenters. The van der Waals surface area contributed by atoms with Crippen LogP contribution in [0.3, 0.4) is 0 Å². The monoisotopic (exact) mass is 365 g/mol. The smallest absolute Gasteiger partial charge is 0.318 e. The van der Waals surface area contributed by atoms with Gasteiger partial charge in [0.2, 0.25) is 0 Å². The molecule has 2 aromatic rings. The lowest BCUT2D eigenvalue weighted by atomic mass is 9.77. The number of carbonyl (C=O) groups is 2. The summed E-state index contributed by atoms with van der Waals surface area (Å²) in [7, 11) is 0. The number of rotatable bonds is 4. The molecule has 1 saturated heterocycles. The van der Waals surface area contributed by atoms with E-state index in [1.807, 2.05) is 35.2 Å². The van der Waals surface area contributed by atoms with Crippen LogP contribution in [-0.4, -0.2) is 41.6 Å². The number of nitrogens with zero attached hydrogens (tertiary/aromatic N) is 1. The van der Waals surface area contributed by atoms with Crippen LogP contribution >= 0.6 is 0 Å². The van der Waals surface area contributed by atoms with Crippen molar-refractivity contribution in [2.75, 3.05) is 19.7 Å². The fourth-order valence-electron chi connectivity index (χ4n) is 4.07. The van der Waals surface area contributed by atoms with Crippen LogP contribution in [0.4, 0.5) is 0 Å². The van der Waals surface area contributed by atoms with Crippen molar-refractivity contribution in [3.63, 3.8) is 0 Å². The van der Waals surface area contributed by atoms with Crippen molar-refractivity contribution < 1.29 is 19.4 Å². The third-order valence-electron chi connectivity index (χ3n) is 5.62. The van der Waals surface area contributed by atoms with E-state index in [4.69, 9.17) is 4.74 Å². The van der Waals surface area contributed by atoms with E-state index in [0.29, 0.717) is 23.3 Å². The minimum atomic E-state index is -1.12. The third kappa shape index (κ3) is 3.18. The molecule has 2 heterocycles. The summed E-state index contributed by atoms with van der Waals surface area (Å²) in [4.78, 5) is 26.8. The van der Waals surface area contributed by atoms with Crippen LogP contribution in [0.1, 0.15) is 40.7 Å². The Morgan fingerprint density at radius 1 is 1.04 bits per heavy atom. The van der Waals surface area contributed by atoms with Crippen molar-refractivity contribution in [1.29, 1.82) is 0 Å². The van der Waals surface area contributed by atoms with Crippen LogP contribution in [-0.2, 0) is 16.6 Å². The van der Waals surface area contributed by atoms with Crippen LogP contribution in [0.25, 0.3) is 0 Å². The first-order valence-corrected chi connectivity index (χ1v) is 9.44. The van der Waals surface area contributed by atoms with Gasteiger partial charge >= 0.3 is 5.97 Å². The predicted octanol–water partition coefficient (Wildman–Crippen LogP) is 3.27. The molecule has 0 saturated carbocycles. The lowest BCUT2D eigenvalue weighted by molar-refractivity contribution is -0.144. The van der Waals surface area contributed by atoms with Gasteiger partial charge in [-0.3, -0.25) is 9.59 Å². The normalized spacial score (nSPS) is 21.4. The lowest BCUT2D eigenvalue weighted by Crippen LogP contribution is -2.39. The Morgan fingerprint density at radius 3 is 2.48 bits per heavy atom. The minimum absolute atomic E-state index is 0.00279. The summed E-state index contributed by atoms with van der Waals surface area (Å²) in [6, 6.07) is 14.8. The number of carbonyl (C=O) groups excluding carboxylic acids is 1. The van der Waals surface area contributed by atoms with Gasteiger partial charge in [0.05, 0.1) is 0 Å². The summed E-state index contributed by atoms with van der Waals surface area (Å²) in [6.45, 7) is 1.64. The molecule has 2 aliphatic heterocycles. The van der Waals surface area contributed by atoms with Gasteiger partial charge in [-0.25, -0.2) is 0 Å². The van der Waals surface area contributed by atoms with Gasteiger partial charge in [-0.2, -0.15) is 0 Å². The molecule has 0 aliphatic carbocycles. The Kier molecular flexibility index (Phi) is 4.60. The topological polar surface area (TPSA) is 66.8 Å². The Bertz CT molecular complexity index is 858. The molecule has 0 unspecified atom stereocenters. The molecule has 2 aromatic carbocycles. The zero-order chi connectivity index (χ0) is 18.9. The highest BCUT2D eigenvalue weighted by Gasteiger charge is 2.48. The van der Waals surface area contributed by atoms with Crippen LogP contribution < -0.4 is 4.74 Å². The van der Waals surface area contributed by atoms with Crippen molar-refractivity contribution in [3.8, 4) is 5.75 Å². The Balaban J connectivity index is 1.64. The van der Waals surface area contributed by atoms with Gasteiger partial charge < -0.3 is 14.7 Å². The zero-order valence-electron chi connectivity index (χ0n) is 15.2. The number of carboxylic acid groups (broad SMARTS) is 1. The van der Waals surface area contributed by atoms with E-state index in [-0.39, 0.29) is 12.5 Å². The molecular weight excluding hydrogens is 342 g/mol. The number of benzene rings is 2. The first-order chi connectivity index (χ1) is 13.1. The number of hydrogen-bond acceptors (Lipinski definition) is 3. The summed E-state index contributed by atoms with van der Waals surface area (Å²) in [5, 5.41) is 10.00. The second-order valence-corrected chi connectivity index (χ2v) is 7.40. The first-order valence-electron chi connectivity index (χ1n) is 9.44.